The minimum atomic E-state index is -0.550. The lowest BCUT2D eigenvalue weighted by Gasteiger charge is -2.29. The molecule has 18 heavy (non-hydrogen) atoms. The van der Waals surface area contributed by atoms with Gasteiger partial charge in [-0.15, -0.1) is 0 Å². The molecule has 1 heterocycles. The van der Waals surface area contributed by atoms with Gasteiger partial charge < -0.3 is 9.47 Å². The largest absolute Gasteiger partial charge is 0.467 e. The number of nitrogens with zero attached hydrogens (tertiary/aromatic N) is 1. The molecule has 0 N–H and O–H groups in total. The van der Waals surface area contributed by atoms with Crippen molar-refractivity contribution in [2.24, 2.45) is 5.41 Å². The third-order valence-corrected chi connectivity index (χ3v) is 3.71. The molecule has 0 aromatic heterocycles. The summed E-state index contributed by atoms with van der Waals surface area (Å²) in [6.07, 6.45) is 1.20. The Hall–Kier alpha value is -1.26. The van der Waals surface area contributed by atoms with Gasteiger partial charge in [0.1, 0.15) is 11.6 Å². The standard InChI is InChI=1S/C13H21NO4/c1-12(2,3)18-11(16)14-8(10(15)17-5)6-13(4)7-9(13)14/h8-9H,6-7H2,1-5H3/t8?,9-,13+/m0/s1. The molecule has 0 radical (unpaired) electrons. The zero-order chi connectivity index (χ0) is 13.7. The van der Waals surface area contributed by atoms with Crippen molar-refractivity contribution in [3.8, 4) is 0 Å². The Bertz CT molecular complexity index is 387. The molecule has 0 bridgehead atoms. The van der Waals surface area contributed by atoms with Gasteiger partial charge >= 0.3 is 12.1 Å². The molecule has 2 aliphatic rings. The van der Waals surface area contributed by atoms with Crippen LogP contribution in [0.1, 0.15) is 40.5 Å². The molecule has 5 heteroatoms. The van der Waals surface area contributed by atoms with Gasteiger partial charge in [0, 0.05) is 6.04 Å². The van der Waals surface area contributed by atoms with E-state index in [4.69, 9.17) is 9.47 Å². The van der Waals surface area contributed by atoms with Crippen molar-refractivity contribution >= 4 is 12.1 Å². The first-order valence-electron chi connectivity index (χ1n) is 6.27. The maximum Gasteiger partial charge on any atom is 0.411 e. The van der Waals surface area contributed by atoms with E-state index in [1.165, 1.54) is 7.11 Å². The average Bonchev–Trinajstić information content (AvgIpc) is 2.77. The third-order valence-electron chi connectivity index (χ3n) is 3.71. The van der Waals surface area contributed by atoms with Crippen LogP contribution < -0.4 is 0 Å². The fourth-order valence-corrected chi connectivity index (χ4v) is 2.70. The highest BCUT2D eigenvalue weighted by atomic mass is 16.6. The number of hydrogen-bond donors (Lipinski definition) is 0. The number of fused-ring (bicyclic) bond motifs is 1. The van der Waals surface area contributed by atoms with E-state index < -0.39 is 17.7 Å². The molecule has 1 unspecified atom stereocenters. The van der Waals surface area contributed by atoms with Gasteiger partial charge in [0.05, 0.1) is 7.11 Å². The van der Waals surface area contributed by atoms with Crippen LogP contribution in [0.5, 0.6) is 0 Å². The molecule has 2 rings (SSSR count). The molecule has 1 saturated heterocycles. The van der Waals surface area contributed by atoms with Crippen LogP contribution in [0.2, 0.25) is 0 Å². The van der Waals surface area contributed by atoms with Crippen LogP contribution in [0.4, 0.5) is 4.79 Å². The Morgan fingerprint density at radius 3 is 2.39 bits per heavy atom. The topological polar surface area (TPSA) is 55.8 Å². The lowest BCUT2D eigenvalue weighted by Crippen LogP contribution is -2.46. The zero-order valence-corrected chi connectivity index (χ0v) is 11.6. The first kappa shape index (κ1) is 13.2. The van der Waals surface area contributed by atoms with Gasteiger partial charge in [0.25, 0.3) is 0 Å². The molecular weight excluding hydrogens is 234 g/mol. The molecule has 3 atom stereocenters. The summed E-state index contributed by atoms with van der Waals surface area (Å²) in [5.74, 6) is -0.353. The number of rotatable bonds is 1. The maximum atomic E-state index is 12.2. The van der Waals surface area contributed by atoms with Crippen LogP contribution in [0.3, 0.4) is 0 Å². The summed E-state index contributed by atoms with van der Waals surface area (Å²) in [4.78, 5) is 25.5. The minimum Gasteiger partial charge on any atom is -0.467 e. The second kappa shape index (κ2) is 3.87. The lowest BCUT2D eigenvalue weighted by molar-refractivity contribution is -0.146. The summed E-state index contributed by atoms with van der Waals surface area (Å²) in [6, 6.07) is -0.370. The van der Waals surface area contributed by atoms with E-state index in [1.807, 2.05) is 20.8 Å². The summed E-state index contributed by atoms with van der Waals surface area (Å²) in [7, 11) is 1.35. The number of ether oxygens (including phenoxy) is 2. The van der Waals surface area contributed by atoms with E-state index in [2.05, 4.69) is 6.92 Å². The summed E-state index contributed by atoms with van der Waals surface area (Å²) in [5.41, 5.74) is -0.485. The van der Waals surface area contributed by atoms with Crippen LogP contribution in [-0.4, -0.2) is 41.8 Å². The Balaban J connectivity index is 2.14. The highest BCUT2D eigenvalue weighted by molar-refractivity contribution is 5.83. The predicted octanol–water partition coefficient (Wildman–Crippen LogP) is 1.95. The summed E-state index contributed by atoms with van der Waals surface area (Å²) in [5, 5.41) is 0. The van der Waals surface area contributed by atoms with Crippen LogP contribution in [-0.2, 0) is 14.3 Å². The molecule has 1 amide bonds. The second-order valence-corrected chi connectivity index (χ2v) is 6.50. The number of piperidine rings is 1. The molecule has 1 aliphatic carbocycles. The molecule has 1 aliphatic heterocycles. The Morgan fingerprint density at radius 2 is 1.89 bits per heavy atom. The summed E-state index contributed by atoms with van der Waals surface area (Å²) >= 11 is 0. The second-order valence-electron chi connectivity index (χ2n) is 6.50. The van der Waals surface area contributed by atoms with Crippen molar-refractivity contribution in [2.75, 3.05) is 7.11 Å². The first-order valence-corrected chi connectivity index (χ1v) is 6.27. The number of carbonyl (C=O) groups excluding carboxylic acids is 2. The highest BCUT2D eigenvalue weighted by Gasteiger charge is 2.65. The number of hydrogen-bond acceptors (Lipinski definition) is 4. The van der Waals surface area contributed by atoms with E-state index in [-0.39, 0.29) is 17.4 Å². The normalized spacial score (nSPS) is 33.9. The van der Waals surface area contributed by atoms with E-state index in [1.54, 1.807) is 4.90 Å². The van der Waals surface area contributed by atoms with Crippen molar-refractivity contribution < 1.29 is 19.1 Å². The van der Waals surface area contributed by atoms with Gasteiger partial charge in [-0.05, 0) is 39.0 Å². The summed E-state index contributed by atoms with van der Waals surface area (Å²) < 4.78 is 10.1. The number of amides is 1. The molecule has 2 fully saturated rings. The van der Waals surface area contributed by atoms with Crippen molar-refractivity contribution in [1.29, 1.82) is 0 Å². The minimum absolute atomic E-state index is 0.0652. The number of esters is 1. The van der Waals surface area contributed by atoms with Crippen LogP contribution in [0, 0.1) is 5.41 Å². The van der Waals surface area contributed by atoms with Crippen molar-refractivity contribution in [3.05, 3.63) is 0 Å². The monoisotopic (exact) mass is 255 g/mol. The molecule has 5 nitrogen and oxygen atoms in total. The molecule has 0 aromatic carbocycles. The van der Waals surface area contributed by atoms with Crippen molar-refractivity contribution in [3.63, 3.8) is 0 Å². The number of likely N-dealkylation sites (tertiary alicyclic amines) is 1. The Morgan fingerprint density at radius 1 is 1.28 bits per heavy atom. The average molecular weight is 255 g/mol. The van der Waals surface area contributed by atoms with Gasteiger partial charge in [0.15, 0.2) is 0 Å². The van der Waals surface area contributed by atoms with Gasteiger partial charge in [-0.3, -0.25) is 4.90 Å². The molecule has 102 valence electrons. The Labute approximate surface area is 107 Å². The molecular formula is C13H21NO4. The van der Waals surface area contributed by atoms with E-state index >= 15 is 0 Å². The molecule has 0 aromatic rings. The number of methoxy groups -OCH3 is 1. The predicted molar refractivity (Wildman–Crippen MR) is 65.0 cm³/mol. The van der Waals surface area contributed by atoms with E-state index in [0.717, 1.165) is 6.42 Å². The van der Waals surface area contributed by atoms with Gasteiger partial charge in [0.2, 0.25) is 0 Å². The van der Waals surface area contributed by atoms with Gasteiger partial charge in [-0.25, -0.2) is 9.59 Å². The van der Waals surface area contributed by atoms with Crippen LogP contribution in [0.15, 0.2) is 0 Å². The van der Waals surface area contributed by atoms with Crippen LogP contribution in [0.25, 0.3) is 0 Å². The van der Waals surface area contributed by atoms with Gasteiger partial charge in [-0.1, -0.05) is 6.92 Å². The third kappa shape index (κ3) is 2.18. The fourth-order valence-electron chi connectivity index (χ4n) is 2.70. The summed E-state index contributed by atoms with van der Waals surface area (Å²) in [6.45, 7) is 7.55. The Kier molecular flexibility index (Phi) is 2.83. The van der Waals surface area contributed by atoms with Gasteiger partial charge in [-0.2, -0.15) is 0 Å². The first-order chi connectivity index (χ1) is 8.18. The van der Waals surface area contributed by atoms with Crippen molar-refractivity contribution in [2.45, 2.75) is 58.2 Å². The van der Waals surface area contributed by atoms with Crippen molar-refractivity contribution in [1.82, 2.24) is 4.90 Å². The maximum absolute atomic E-state index is 12.2. The van der Waals surface area contributed by atoms with E-state index in [9.17, 15) is 9.59 Å². The highest BCUT2D eigenvalue weighted by Crippen LogP contribution is 2.59. The molecule has 0 spiro atoms. The SMILES string of the molecule is COC(=O)C1C[C@]2(C)C[C@@H]2N1C(=O)OC(C)(C)C. The van der Waals surface area contributed by atoms with E-state index in [0.29, 0.717) is 6.42 Å². The smallest absolute Gasteiger partial charge is 0.411 e. The quantitative estimate of drug-likeness (QED) is 0.672. The molecule has 1 saturated carbocycles. The van der Waals surface area contributed by atoms with Crippen LogP contribution >= 0.6 is 0 Å². The fraction of sp³-hybridized carbons (Fsp3) is 0.846. The number of carbonyl (C=O) groups is 2. The lowest BCUT2D eigenvalue weighted by atomic mass is 10.0. The zero-order valence-electron chi connectivity index (χ0n) is 11.6.